The predicted octanol–water partition coefficient (Wildman–Crippen LogP) is 4.79. The minimum absolute atomic E-state index is 0.0318. The van der Waals surface area contributed by atoms with E-state index in [0.717, 1.165) is 30.0 Å². The quantitative estimate of drug-likeness (QED) is 0.473. The minimum atomic E-state index is -0.532. The maximum atomic E-state index is 12.5. The average molecular weight is 526 g/mol. The second-order valence-corrected chi connectivity index (χ2v) is 12.1. The number of ether oxygens (including phenoxy) is 1. The van der Waals surface area contributed by atoms with Crippen LogP contribution in [0.2, 0.25) is 0 Å². The van der Waals surface area contributed by atoms with Crippen LogP contribution in [0, 0.1) is 12.3 Å². The summed E-state index contributed by atoms with van der Waals surface area (Å²) in [6, 6.07) is 7.44. The van der Waals surface area contributed by atoms with Gasteiger partial charge in [0.05, 0.1) is 0 Å². The lowest BCUT2D eigenvalue weighted by Gasteiger charge is -2.28. The summed E-state index contributed by atoms with van der Waals surface area (Å²) >= 11 is 0. The summed E-state index contributed by atoms with van der Waals surface area (Å²) in [5.74, 6) is 1.69. The van der Waals surface area contributed by atoms with Crippen molar-refractivity contribution >= 4 is 35.3 Å². The zero-order valence-electron chi connectivity index (χ0n) is 24.2. The van der Waals surface area contributed by atoms with E-state index in [1.54, 1.807) is 24.1 Å². The molecule has 1 aromatic carbocycles. The highest BCUT2D eigenvalue weighted by atomic mass is 16.6. The van der Waals surface area contributed by atoms with Gasteiger partial charge in [-0.1, -0.05) is 26.8 Å². The fraction of sp³-hybridized carbons (Fsp3) is 0.571. The summed E-state index contributed by atoms with van der Waals surface area (Å²) in [6.07, 6.45) is 0.482. The normalized spacial score (nSPS) is 15.7. The molecule has 0 saturated carbocycles. The number of nitrogens with one attached hydrogen (secondary N) is 3. The number of likely N-dealkylation sites (tertiary alicyclic amines) is 1. The Morgan fingerprint density at radius 3 is 2.47 bits per heavy atom. The maximum absolute atomic E-state index is 12.5. The van der Waals surface area contributed by atoms with Gasteiger partial charge in [-0.3, -0.25) is 4.79 Å². The second-order valence-electron chi connectivity index (χ2n) is 12.1. The average Bonchev–Trinajstić information content (AvgIpc) is 3.26. The Kier molecular flexibility index (Phi) is 8.74. The largest absolute Gasteiger partial charge is 0.444 e. The lowest BCUT2D eigenvalue weighted by molar-refractivity contribution is 0.0293. The number of anilines is 4. The van der Waals surface area contributed by atoms with Crippen LogP contribution in [0.4, 0.5) is 28.1 Å². The van der Waals surface area contributed by atoms with Crippen molar-refractivity contribution < 1.29 is 14.3 Å². The Hall–Kier alpha value is -3.56. The van der Waals surface area contributed by atoms with Gasteiger partial charge in [0.1, 0.15) is 17.2 Å². The van der Waals surface area contributed by atoms with Crippen LogP contribution in [0.25, 0.3) is 0 Å². The molecule has 10 heteroatoms. The van der Waals surface area contributed by atoms with Crippen LogP contribution in [0.3, 0.4) is 0 Å². The number of amides is 2. The maximum Gasteiger partial charge on any atom is 0.410 e. The van der Waals surface area contributed by atoms with E-state index in [1.807, 2.05) is 46.9 Å². The smallest absolute Gasteiger partial charge is 0.410 e. The molecule has 1 aliphatic heterocycles. The molecular weight excluding hydrogens is 482 g/mol. The lowest BCUT2D eigenvalue weighted by Crippen LogP contribution is -2.36. The van der Waals surface area contributed by atoms with Gasteiger partial charge in [-0.25, -0.2) is 4.79 Å². The lowest BCUT2D eigenvalue weighted by atomic mass is 9.96. The third kappa shape index (κ3) is 8.22. The van der Waals surface area contributed by atoms with Crippen LogP contribution in [-0.4, -0.2) is 72.2 Å². The Balaban J connectivity index is 1.86. The van der Waals surface area contributed by atoms with Crippen molar-refractivity contribution in [3.05, 3.63) is 35.4 Å². The number of aromatic nitrogens is 2. The molecule has 1 aliphatic rings. The highest BCUT2D eigenvalue weighted by molar-refractivity contribution is 5.95. The van der Waals surface area contributed by atoms with Gasteiger partial charge in [0.15, 0.2) is 0 Å². The summed E-state index contributed by atoms with van der Waals surface area (Å²) in [7, 11) is 3.62. The van der Waals surface area contributed by atoms with Crippen LogP contribution in [0.15, 0.2) is 24.3 Å². The van der Waals surface area contributed by atoms with E-state index in [-0.39, 0.29) is 23.5 Å². The van der Waals surface area contributed by atoms with E-state index in [4.69, 9.17) is 14.7 Å². The molecule has 1 fully saturated rings. The number of carbonyl (C=O) groups is 2. The van der Waals surface area contributed by atoms with Crippen molar-refractivity contribution in [2.24, 2.45) is 5.41 Å². The number of carbonyl (C=O) groups excluding carboxylic acids is 2. The first kappa shape index (κ1) is 29.0. The van der Waals surface area contributed by atoms with Crippen molar-refractivity contribution in [2.75, 3.05) is 49.3 Å². The molecular formula is C28H43N7O3. The molecule has 0 spiro atoms. The Morgan fingerprint density at radius 1 is 1.13 bits per heavy atom. The van der Waals surface area contributed by atoms with Crippen LogP contribution < -0.4 is 20.9 Å². The van der Waals surface area contributed by atoms with Gasteiger partial charge in [0.2, 0.25) is 5.95 Å². The van der Waals surface area contributed by atoms with Crippen molar-refractivity contribution in [1.29, 1.82) is 0 Å². The SMILES string of the molecule is CNC(=O)c1ccc(C)c(Nc2nc(N[C@@H]3CCN(C(=O)OC(C)(C)C)C3)cc(N(C)CC(C)(C)C)n2)c1. The molecule has 0 radical (unpaired) electrons. The number of rotatable bonds is 7. The Labute approximate surface area is 226 Å². The zero-order chi connectivity index (χ0) is 28.3. The van der Waals surface area contributed by atoms with Crippen LogP contribution in [-0.2, 0) is 4.74 Å². The molecule has 3 rings (SSSR count). The van der Waals surface area contributed by atoms with Crippen molar-refractivity contribution in [3.63, 3.8) is 0 Å². The van der Waals surface area contributed by atoms with E-state index in [2.05, 4.69) is 41.6 Å². The van der Waals surface area contributed by atoms with Crippen LogP contribution in [0.1, 0.15) is 63.9 Å². The molecule has 1 atom stereocenters. The molecule has 2 amide bonds. The summed E-state index contributed by atoms with van der Waals surface area (Å²) in [5.41, 5.74) is 1.81. The number of hydrogen-bond donors (Lipinski definition) is 3. The molecule has 0 unspecified atom stereocenters. The molecule has 208 valence electrons. The Morgan fingerprint density at radius 2 is 1.84 bits per heavy atom. The van der Waals surface area contributed by atoms with Gasteiger partial charge in [0.25, 0.3) is 5.91 Å². The first-order chi connectivity index (χ1) is 17.6. The second kappa shape index (κ2) is 11.4. The van der Waals surface area contributed by atoms with Gasteiger partial charge in [-0.15, -0.1) is 0 Å². The van der Waals surface area contributed by atoms with Gasteiger partial charge < -0.3 is 30.5 Å². The molecule has 38 heavy (non-hydrogen) atoms. The zero-order valence-corrected chi connectivity index (χ0v) is 24.2. The molecule has 0 aliphatic carbocycles. The van der Waals surface area contributed by atoms with E-state index in [1.165, 1.54) is 0 Å². The topological polar surface area (TPSA) is 112 Å². The summed E-state index contributed by atoms with van der Waals surface area (Å²) in [4.78, 5) is 38.1. The Bertz CT molecular complexity index is 1150. The molecule has 10 nitrogen and oxygen atoms in total. The van der Waals surface area contributed by atoms with E-state index in [0.29, 0.717) is 30.4 Å². The predicted molar refractivity (Wildman–Crippen MR) is 152 cm³/mol. The first-order valence-corrected chi connectivity index (χ1v) is 13.1. The first-order valence-electron chi connectivity index (χ1n) is 13.1. The van der Waals surface area contributed by atoms with Crippen LogP contribution >= 0.6 is 0 Å². The summed E-state index contributed by atoms with van der Waals surface area (Å²) in [6.45, 7) is 16.1. The molecule has 1 saturated heterocycles. The number of hydrogen-bond acceptors (Lipinski definition) is 8. The number of nitrogens with zero attached hydrogens (tertiary/aromatic N) is 4. The summed E-state index contributed by atoms with van der Waals surface area (Å²) in [5, 5.41) is 9.47. The monoisotopic (exact) mass is 525 g/mol. The fourth-order valence-corrected chi connectivity index (χ4v) is 4.29. The molecule has 2 heterocycles. The van der Waals surface area contributed by atoms with E-state index >= 15 is 0 Å². The fourth-order valence-electron chi connectivity index (χ4n) is 4.29. The van der Waals surface area contributed by atoms with Crippen molar-refractivity contribution in [2.45, 2.75) is 66.5 Å². The number of aryl methyl sites for hydroxylation is 1. The van der Waals surface area contributed by atoms with E-state index < -0.39 is 5.60 Å². The summed E-state index contributed by atoms with van der Waals surface area (Å²) < 4.78 is 5.54. The molecule has 2 aromatic rings. The highest BCUT2D eigenvalue weighted by Gasteiger charge is 2.30. The van der Waals surface area contributed by atoms with Gasteiger partial charge >= 0.3 is 6.09 Å². The van der Waals surface area contributed by atoms with Crippen molar-refractivity contribution in [1.82, 2.24) is 20.2 Å². The molecule has 1 aromatic heterocycles. The van der Waals surface area contributed by atoms with Gasteiger partial charge in [0, 0.05) is 57.1 Å². The van der Waals surface area contributed by atoms with Gasteiger partial charge in [-0.2, -0.15) is 9.97 Å². The van der Waals surface area contributed by atoms with Crippen molar-refractivity contribution in [3.8, 4) is 0 Å². The highest BCUT2D eigenvalue weighted by Crippen LogP contribution is 2.27. The third-order valence-electron chi connectivity index (χ3n) is 5.98. The van der Waals surface area contributed by atoms with Crippen LogP contribution in [0.5, 0.6) is 0 Å². The standard InChI is InChI=1S/C28H43N7O3/c1-18-10-11-19(24(36)29-8)14-21(18)31-25-32-22(15-23(33-25)34(9)17-27(2,3)4)30-20-12-13-35(16-20)26(37)38-28(5,6)7/h10-11,14-15,20H,12-13,16-17H2,1-9H3,(H,29,36)(H2,30,31,32,33)/t20-/m1/s1. The number of benzene rings is 1. The molecule has 0 bridgehead atoms. The third-order valence-corrected chi connectivity index (χ3v) is 5.98. The minimum Gasteiger partial charge on any atom is -0.444 e. The van der Waals surface area contributed by atoms with E-state index in [9.17, 15) is 9.59 Å². The molecule has 3 N–H and O–H groups in total. The van der Waals surface area contributed by atoms with Gasteiger partial charge in [-0.05, 0) is 57.2 Å².